The summed E-state index contributed by atoms with van der Waals surface area (Å²) in [5.74, 6) is 0.139. The Balaban J connectivity index is 1.48. The van der Waals surface area contributed by atoms with E-state index in [0.717, 1.165) is 43.0 Å². The quantitative estimate of drug-likeness (QED) is 0.570. The number of fused-ring (bicyclic) bond motifs is 1. The highest BCUT2D eigenvalue weighted by molar-refractivity contribution is 5.98. The molecule has 3 aromatic rings. The molecule has 6 heterocycles. The van der Waals surface area contributed by atoms with Crippen LogP contribution in [0.2, 0.25) is 0 Å². The van der Waals surface area contributed by atoms with E-state index in [1.54, 1.807) is 11.1 Å². The number of morpholine rings is 1. The number of hydrogen-bond donors (Lipinski definition) is 1. The van der Waals surface area contributed by atoms with Crippen molar-refractivity contribution < 1.29 is 18.7 Å². The molecule has 0 bridgehead atoms. The van der Waals surface area contributed by atoms with Gasteiger partial charge in [-0.2, -0.15) is 4.98 Å². The summed E-state index contributed by atoms with van der Waals surface area (Å²) in [5.41, 5.74) is 9.47. The number of hydrogen-bond acceptors (Lipinski definition) is 10. The van der Waals surface area contributed by atoms with Gasteiger partial charge in [0.25, 0.3) is 11.9 Å². The predicted octanol–water partition coefficient (Wildman–Crippen LogP) is 2.62. The molecule has 11 heteroatoms. The lowest BCUT2D eigenvalue weighted by molar-refractivity contribution is -0.114. The molecule has 6 rings (SSSR count). The summed E-state index contributed by atoms with van der Waals surface area (Å²) in [4.78, 5) is 32.7. The maximum atomic E-state index is 12.5. The smallest absolute Gasteiger partial charge is 0.300 e. The number of carbonyl (C=O) groups excluding carboxylic acids is 1. The van der Waals surface area contributed by atoms with Crippen molar-refractivity contribution in [3.63, 3.8) is 0 Å². The molecule has 11 nitrogen and oxygen atoms in total. The fraction of sp³-hybridized carbons (Fsp3) is 0.440. The van der Waals surface area contributed by atoms with E-state index in [1.807, 2.05) is 25.1 Å². The summed E-state index contributed by atoms with van der Waals surface area (Å²) in [6.07, 6.45) is 5.86. The summed E-state index contributed by atoms with van der Waals surface area (Å²) in [7, 11) is 0. The minimum absolute atomic E-state index is 0.243. The molecule has 1 amide bonds. The molecule has 3 aromatic heterocycles. The SMILES string of the molecule is Cc1ccc(C2OC=C(C(N)=O)N2c2cc3oc(N4CCOCC4)nc3nc2N2CCCCC2)cn1. The Morgan fingerprint density at radius 1 is 1.06 bits per heavy atom. The Kier molecular flexibility index (Phi) is 5.84. The normalized spacial score (nSPS) is 20.5. The monoisotopic (exact) mass is 491 g/mol. The highest BCUT2D eigenvalue weighted by atomic mass is 16.5. The van der Waals surface area contributed by atoms with Crippen LogP contribution in [0.5, 0.6) is 0 Å². The standard InChI is InChI=1S/C25H29N7O4/c1-16-5-6-17(14-27-16)24-32(19(15-35-24)21(26)33)18-13-20-22(28-23(18)30-7-3-2-4-8-30)29-25(36-20)31-9-11-34-12-10-31/h5-6,13-15,24H,2-4,7-12H2,1H3,(H2,26,33). The molecule has 0 saturated carbocycles. The molecule has 2 N–H and O–H groups in total. The van der Waals surface area contributed by atoms with Gasteiger partial charge in [0.05, 0.1) is 18.9 Å². The van der Waals surface area contributed by atoms with Gasteiger partial charge in [0.2, 0.25) is 11.9 Å². The summed E-state index contributed by atoms with van der Waals surface area (Å²) < 4.78 is 17.6. The van der Waals surface area contributed by atoms with Crippen molar-refractivity contribution in [2.24, 2.45) is 5.73 Å². The number of anilines is 3. The van der Waals surface area contributed by atoms with Crippen molar-refractivity contribution in [3.05, 3.63) is 47.6 Å². The second-order valence-corrected chi connectivity index (χ2v) is 9.26. The number of aryl methyl sites for hydroxylation is 1. The van der Waals surface area contributed by atoms with Gasteiger partial charge in [0.1, 0.15) is 12.0 Å². The lowest BCUT2D eigenvalue weighted by Gasteiger charge is -2.33. The molecule has 188 valence electrons. The van der Waals surface area contributed by atoms with Gasteiger partial charge in [-0.25, -0.2) is 4.98 Å². The first-order valence-electron chi connectivity index (χ1n) is 12.3. The Bertz CT molecular complexity index is 1290. The molecule has 0 aliphatic carbocycles. The van der Waals surface area contributed by atoms with E-state index < -0.39 is 12.1 Å². The van der Waals surface area contributed by atoms with E-state index in [9.17, 15) is 4.79 Å². The molecule has 3 aliphatic heterocycles. The number of ether oxygens (including phenoxy) is 2. The zero-order valence-corrected chi connectivity index (χ0v) is 20.2. The zero-order valence-electron chi connectivity index (χ0n) is 20.2. The molecule has 0 aromatic carbocycles. The summed E-state index contributed by atoms with van der Waals surface area (Å²) in [6, 6.07) is 6.26. The van der Waals surface area contributed by atoms with Crippen LogP contribution in [-0.2, 0) is 14.3 Å². The largest absolute Gasteiger partial charge is 0.471 e. The van der Waals surface area contributed by atoms with Crippen LogP contribution in [0.15, 0.2) is 40.8 Å². The molecular formula is C25H29N7O4. The summed E-state index contributed by atoms with van der Waals surface area (Å²) >= 11 is 0. The molecule has 0 spiro atoms. The number of aromatic nitrogens is 3. The number of oxazole rings is 1. The predicted molar refractivity (Wildman–Crippen MR) is 133 cm³/mol. The number of primary amides is 1. The van der Waals surface area contributed by atoms with Crippen molar-refractivity contribution >= 4 is 34.7 Å². The van der Waals surface area contributed by atoms with Crippen LogP contribution in [-0.4, -0.2) is 60.3 Å². The summed E-state index contributed by atoms with van der Waals surface area (Å²) in [5, 5.41) is 0. The highest BCUT2D eigenvalue weighted by Crippen LogP contribution is 2.43. The number of pyridine rings is 2. The molecular weight excluding hydrogens is 462 g/mol. The fourth-order valence-electron chi connectivity index (χ4n) is 4.90. The lowest BCUT2D eigenvalue weighted by atomic mass is 10.1. The average Bonchev–Trinajstić information content (AvgIpc) is 3.54. The minimum atomic E-state index is -0.620. The van der Waals surface area contributed by atoms with E-state index in [4.69, 9.17) is 29.6 Å². The van der Waals surface area contributed by atoms with E-state index in [0.29, 0.717) is 49.2 Å². The lowest BCUT2D eigenvalue weighted by Crippen LogP contribution is -2.36. The van der Waals surface area contributed by atoms with Crippen molar-refractivity contribution in [1.29, 1.82) is 0 Å². The third-order valence-corrected chi connectivity index (χ3v) is 6.80. The zero-order chi connectivity index (χ0) is 24.6. The Morgan fingerprint density at radius 3 is 2.58 bits per heavy atom. The first-order valence-corrected chi connectivity index (χ1v) is 12.3. The van der Waals surface area contributed by atoms with Gasteiger partial charge in [-0.3, -0.25) is 14.7 Å². The van der Waals surface area contributed by atoms with Crippen LogP contribution in [0.25, 0.3) is 11.2 Å². The Hall–Kier alpha value is -3.86. The molecule has 1 unspecified atom stereocenters. The number of carbonyl (C=O) groups is 1. The van der Waals surface area contributed by atoms with E-state index in [1.165, 1.54) is 12.7 Å². The van der Waals surface area contributed by atoms with Crippen LogP contribution in [0, 0.1) is 6.92 Å². The van der Waals surface area contributed by atoms with Gasteiger partial charge in [0, 0.05) is 49.7 Å². The first-order chi connectivity index (χ1) is 17.6. The van der Waals surface area contributed by atoms with Gasteiger partial charge in [-0.1, -0.05) is 6.07 Å². The summed E-state index contributed by atoms with van der Waals surface area (Å²) in [6.45, 7) is 6.31. The number of amides is 1. The van der Waals surface area contributed by atoms with Crippen LogP contribution in [0.4, 0.5) is 17.5 Å². The van der Waals surface area contributed by atoms with Crippen molar-refractivity contribution in [2.75, 3.05) is 54.1 Å². The number of rotatable bonds is 5. The topological polar surface area (TPSA) is 123 Å². The van der Waals surface area contributed by atoms with Crippen LogP contribution in [0.1, 0.15) is 36.7 Å². The van der Waals surface area contributed by atoms with Crippen LogP contribution >= 0.6 is 0 Å². The third-order valence-electron chi connectivity index (χ3n) is 6.80. The maximum absolute atomic E-state index is 12.5. The molecule has 0 radical (unpaired) electrons. The second kappa shape index (κ2) is 9.30. The first kappa shape index (κ1) is 22.6. The van der Waals surface area contributed by atoms with Crippen molar-refractivity contribution in [1.82, 2.24) is 15.0 Å². The molecule has 3 aliphatic rings. The van der Waals surface area contributed by atoms with Gasteiger partial charge < -0.3 is 29.4 Å². The van der Waals surface area contributed by atoms with Gasteiger partial charge >= 0.3 is 0 Å². The van der Waals surface area contributed by atoms with E-state index >= 15 is 0 Å². The van der Waals surface area contributed by atoms with Gasteiger partial charge in [0.15, 0.2) is 11.4 Å². The molecule has 1 atom stereocenters. The third kappa shape index (κ3) is 4.09. The van der Waals surface area contributed by atoms with Crippen LogP contribution < -0.4 is 20.4 Å². The van der Waals surface area contributed by atoms with E-state index in [-0.39, 0.29) is 5.70 Å². The van der Waals surface area contributed by atoms with Gasteiger partial charge in [-0.15, -0.1) is 0 Å². The van der Waals surface area contributed by atoms with Crippen molar-refractivity contribution in [2.45, 2.75) is 32.4 Å². The minimum Gasteiger partial charge on any atom is -0.471 e. The van der Waals surface area contributed by atoms with Gasteiger partial charge in [-0.05, 0) is 32.3 Å². The Morgan fingerprint density at radius 2 is 1.86 bits per heavy atom. The van der Waals surface area contributed by atoms with E-state index in [2.05, 4.69) is 14.8 Å². The highest BCUT2D eigenvalue weighted by Gasteiger charge is 2.37. The molecule has 2 fully saturated rings. The Labute approximate surface area is 208 Å². The number of nitrogens with two attached hydrogens (primary N) is 1. The fourth-order valence-corrected chi connectivity index (χ4v) is 4.90. The molecule has 36 heavy (non-hydrogen) atoms. The number of nitrogens with zero attached hydrogens (tertiary/aromatic N) is 6. The maximum Gasteiger partial charge on any atom is 0.300 e. The number of piperidine rings is 1. The second-order valence-electron chi connectivity index (χ2n) is 9.26. The molecule has 2 saturated heterocycles. The van der Waals surface area contributed by atoms with Crippen LogP contribution in [0.3, 0.4) is 0 Å². The van der Waals surface area contributed by atoms with Crippen molar-refractivity contribution in [3.8, 4) is 0 Å². The average molecular weight is 492 g/mol.